The van der Waals surface area contributed by atoms with E-state index in [9.17, 15) is 18.0 Å². The first-order valence-electron chi connectivity index (χ1n) is 11.6. The lowest BCUT2D eigenvalue weighted by Crippen LogP contribution is -2.20. The van der Waals surface area contributed by atoms with E-state index in [2.05, 4.69) is 20.6 Å². The van der Waals surface area contributed by atoms with E-state index < -0.39 is 17.8 Å². The number of rotatable bonds is 4. The topological polar surface area (TPSA) is 97.9 Å². The lowest BCUT2D eigenvalue weighted by atomic mass is 9.95. The summed E-state index contributed by atoms with van der Waals surface area (Å²) in [6.07, 6.45) is 0.0853. The Hall–Kier alpha value is -4.86. The molecule has 0 atom stereocenters. The summed E-state index contributed by atoms with van der Waals surface area (Å²) in [5.41, 5.74) is 9.31. The number of nitrogens with one attached hydrogen (secondary N) is 2. The predicted molar refractivity (Wildman–Crippen MR) is 142 cm³/mol. The van der Waals surface area contributed by atoms with Gasteiger partial charge in [0.1, 0.15) is 5.82 Å². The molecular formula is C28H23F3N6O. The zero-order valence-corrected chi connectivity index (χ0v) is 20.5. The van der Waals surface area contributed by atoms with Crippen molar-refractivity contribution in [1.29, 1.82) is 0 Å². The summed E-state index contributed by atoms with van der Waals surface area (Å²) in [7, 11) is 0. The lowest BCUT2D eigenvalue weighted by Gasteiger charge is -2.15. The first-order chi connectivity index (χ1) is 18.1. The van der Waals surface area contributed by atoms with E-state index in [-0.39, 0.29) is 11.4 Å². The van der Waals surface area contributed by atoms with Crippen molar-refractivity contribution in [2.75, 3.05) is 16.4 Å². The largest absolute Gasteiger partial charge is 0.416 e. The number of aryl methyl sites for hydroxylation is 2. The van der Waals surface area contributed by atoms with Crippen LogP contribution in [0.4, 0.5) is 35.2 Å². The van der Waals surface area contributed by atoms with Crippen LogP contribution in [-0.4, -0.2) is 20.6 Å². The molecule has 2 amide bonds. The number of nitrogens with two attached hydrogens (primary N) is 1. The van der Waals surface area contributed by atoms with Gasteiger partial charge in [0.25, 0.3) is 0 Å². The van der Waals surface area contributed by atoms with Crippen molar-refractivity contribution >= 4 is 34.0 Å². The van der Waals surface area contributed by atoms with Crippen molar-refractivity contribution in [3.63, 3.8) is 0 Å². The third-order valence-electron chi connectivity index (χ3n) is 6.12. The van der Waals surface area contributed by atoms with Gasteiger partial charge in [-0.15, -0.1) is 0 Å². The van der Waals surface area contributed by atoms with Crippen LogP contribution in [0, 0.1) is 13.8 Å². The second kappa shape index (κ2) is 9.55. The number of aromatic nitrogens is 3. The van der Waals surface area contributed by atoms with Gasteiger partial charge in [-0.1, -0.05) is 24.3 Å². The van der Waals surface area contributed by atoms with Crippen LogP contribution >= 0.6 is 0 Å². The number of nitrogens with zero attached hydrogens (tertiary/aromatic N) is 3. The van der Waals surface area contributed by atoms with E-state index in [0.29, 0.717) is 17.2 Å². The average molecular weight is 517 g/mol. The number of fused-ring (bicyclic) bond motifs is 1. The van der Waals surface area contributed by atoms with Crippen LogP contribution in [0.5, 0.6) is 0 Å². The van der Waals surface area contributed by atoms with Gasteiger partial charge in [-0.05, 0) is 72.3 Å². The highest BCUT2D eigenvalue weighted by Crippen LogP contribution is 2.35. The molecule has 2 aromatic heterocycles. The van der Waals surface area contributed by atoms with Crippen molar-refractivity contribution in [2.45, 2.75) is 20.0 Å². The number of carbonyl (C=O) groups is 1. The number of anilines is 3. The molecule has 0 aliphatic rings. The van der Waals surface area contributed by atoms with Crippen molar-refractivity contribution in [2.24, 2.45) is 0 Å². The molecular weight excluding hydrogens is 493 g/mol. The molecule has 0 radical (unpaired) electrons. The van der Waals surface area contributed by atoms with Gasteiger partial charge >= 0.3 is 12.2 Å². The lowest BCUT2D eigenvalue weighted by molar-refractivity contribution is -0.137. The van der Waals surface area contributed by atoms with Gasteiger partial charge in [0.15, 0.2) is 0 Å². The molecule has 0 saturated carbocycles. The summed E-state index contributed by atoms with van der Waals surface area (Å²) in [6, 6.07) is 15.8. The maximum absolute atomic E-state index is 13.5. The number of hydrogen-bond acceptors (Lipinski definition) is 4. The molecule has 0 unspecified atom stereocenters. The van der Waals surface area contributed by atoms with E-state index in [1.165, 1.54) is 17.0 Å². The monoisotopic (exact) mass is 516 g/mol. The van der Waals surface area contributed by atoms with Crippen LogP contribution in [0.25, 0.3) is 27.6 Å². The number of halogens is 3. The Morgan fingerprint density at radius 1 is 0.895 bits per heavy atom. The van der Waals surface area contributed by atoms with Crippen LogP contribution in [-0.2, 0) is 6.18 Å². The summed E-state index contributed by atoms with van der Waals surface area (Å²) < 4.78 is 42.1. The number of alkyl halides is 3. The van der Waals surface area contributed by atoms with Crippen LogP contribution < -0.4 is 16.4 Å². The maximum Gasteiger partial charge on any atom is 0.416 e. The number of nitrogen functional groups attached to an aromatic ring is 1. The standard InChI is InChI=1S/C28H23F3N6O/c1-16-10-19(6-7-22(16)23-4-3-5-25-24(23)8-9-33-26(25)32)35-27(38)36-20-11-18(28(29,30)31)12-21(13-20)37-14-17(2)34-15-37/h3-15H,1-2H3,(H2,32,33)(H2,35,36,38). The molecule has 5 aromatic rings. The summed E-state index contributed by atoms with van der Waals surface area (Å²) >= 11 is 0. The fraction of sp³-hybridized carbons (Fsp3) is 0.107. The highest BCUT2D eigenvalue weighted by atomic mass is 19.4. The molecule has 3 aromatic carbocycles. The number of urea groups is 1. The number of carbonyl (C=O) groups excluding carboxylic acids is 1. The van der Waals surface area contributed by atoms with Gasteiger partial charge in [0.2, 0.25) is 0 Å². The first kappa shape index (κ1) is 24.8. The Kier molecular flexibility index (Phi) is 6.23. The quantitative estimate of drug-likeness (QED) is 0.241. The molecule has 0 aliphatic heterocycles. The predicted octanol–water partition coefficient (Wildman–Crippen LogP) is 6.95. The Bertz CT molecular complexity index is 1680. The number of imidazole rings is 1. The third-order valence-corrected chi connectivity index (χ3v) is 6.12. The number of pyridine rings is 1. The Balaban J connectivity index is 1.39. The molecule has 0 saturated heterocycles. The minimum Gasteiger partial charge on any atom is -0.383 e. The number of amides is 2. The van der Waals surface area contributed by atoms with Crippen molar-refractivity contribution in [1.82, 2.24) is 14.5 Å². The van der Waals surface area contributed by atoms with E-state index >= 15 is 0 Å². The SMILES string of the molecule is Cc1cn(-c2cc(NC(=O)Nc3ccc(-c4cccc5c(N)nccc45)c(C)c3)cc(C(F)(F)F)c2)cn1. The molecule has 4 N–H and O–H groups in total. The highest BCUT2D eigenvalue weighted by Gasteiger charge is 2.31. The third kappa shape index (κ3) is 5.01. The van der Waals surface area contributed by atoms with Crippen molar-refractivity contribution < 1.29 is 18.0 Å². The minimum atomic E-state index is -4.59. The van der Waals surface area contributed by atoms with E-state index in [1.54, 1.807) is 31.5 Å². The highest BCUT2D eigenvalue weighted by molar-refractivity contribution is 6.03. The van der Waals surface area contributed by atoms with Gasteiger partial charge in [-0.25, -0.2) is 14.8 Å². The molecule has 192 valence electrons. The summed E-state index contributed by atoms with van der Waals surface area (Å²) in [5, 5.41) is 7.01. The van der Waals surface area contributed by atoms with Crippen LogP contribution in [0.2, 0.25) is 0 Å². The molecule has 10 heteroatoms. The van der Waals surface area contributed by atoms with Gasteiger partial charge in [0.05, 0.1) is 17.6 Å². The number of benzene rings is 3. The summed E-state index contributed by atoms with van der Waals surface area (Å²) in [4.78, 5) is 20.9. The number of hydrogen-bond donors (Lipinski definition) is 3. The summed E-state index contributed by atoms with van der Waals surface area (Å²) in [6.45, 7) is 3.64. The molecule has 5 rings (SSSR count). The van der Waals surface area contributed by atoms with Crippen molar-refractivity contribution in [3.8, 4) is 16.8 Å². The van der Waals surface area contributed by atoms with Crippen molar-refractivity contribution in [3.05, 3.63) is 96.2 Å². The average Bonchev–Trinajstić information content (AvgIpc) is 3.30. The van der Waals surface area contributed by atoms with Crippen LogP contribution in [0.15, 0.2) is 79.4 Å². The second-order valence-corrected chi connectivity index (χ2v) is 8.89. The minimum absolute atomic E-state index is 0.00558. The second-order valence-electron chi connectivity index (χ2n) is 8.89. The van der Waals surface area contributed by atoms with E-state index in [4.69, 9.17) is 5.73 Å². The molecule has 0 spiro atoms. The molecule has 0 bridgehead atoms. The molecule has 7 nitrogen and oxygen atoms in total. The maximum atomic E-state index is 13.5. The first-order valence-corrected chi connectivity index (χ1v) is 11.6. The fourth-order valence-electron chi connectivity index (χ4n) is 4.36. The van der Waals surface area contributed by atoms with E-state index in [1.807, 2.05) is 37.3 Å². The molecule has 0 aliphatic carbocycles. The summed E-state index contributed by atoms with van der Waals surface area (Å²) in [5.74, 6) is 0.442. The van der Waals surface area contributed by atoms with Gasteiger partial charge < -0.3 is 20.9 Å². The molecule has 0 fully saturated rings. The van der Waals surface area contributed by atoms with Gasteiger partial charge in [-0.2, -0.15) is 13.2 Å². The van der Waals surface area contributed by atoms with Crippen LogP contribution in [0.1, 0.15) is 16.8 Å². The Morgan fingerprint density at radius 2 is 1.68 bits per heavy atom. The smallest absolute Gasteiger partial charge is 0.383 e. The fourth-order valence-corrected chi connectivity index (χ4v) is 4.36. The van der Waals surface area contributed by atoms with E-state index in [0.717, 1.165) is 39.6 Å². The zero-order chi connectivity index (χ0) is 27.0. The normalized spacial score (nSPS) is 11.5. The Labute approximate surface area is 216 Å². The zero-order valence-electron chi connectivity index (χ0n) is 20.5. The molecule has 2 heterocycles. The van der Waals surface area contributed by atoms with Gasteiger partial charge in [-0.3, -0.25) is 0 Å². The van der Waals surface area contributed by atoms with Gasteiger partial charge in [0, 0.05) is 34.8 Å². The molecule has 38 heavy (non-hydrogen) atoms. The Morgan fingerprint density at radius 3 is 2.39 bits per heavy atom. The van der Waals surface area contributed by atoms with Crippen LogP contribution in [0.3, 0.4) is 0 Å².